The first-order valence-corrected chi connectivity index (χ1v) is 11.0. The highest BCUT2D eigenvalue weighted by Gasteiger charge is 2.52. The van der Waals surface area contributed by atoms with Gasteiger partial charge in [0.2, 0.25) is 11.8 Å². The number of carbonyl (C=O) groups excluding carboxylic acids is 3. The number of anilines is 1. The van der Waals surface area contributed by atoms with Crippen LogP contribution in [0.2, 0.25) is 0 Å². The van der Waals surface area contributed by atoms with E-state index in [1.54, 1.807) is 15.9 Å². The summed E-state index contributed by atoms with van der Waals surface area (Å²) in [4.78, 5) is 45.4. The van der Waals surface area contributed by atoms with E-state index in [1.807, 2.05) is 39.0 Å². The van der Waals surface area contributed by atoms with Crippen molar-refractivity contribution in [2.24, 2.45) is 11.8 Å². The molecule has 1 saturated heterocycles. The highest BCUT2D eigenvalue weighted by atomic mass is 16.2. The van der Waals surface area contributed by atoms with Gasteiger partial charge in [-0.3, -0.25) is 14.4 Å². The molecular formula is C23H34N4O3. The molecule has 1 aromatic carbocycles. The molecule has 3 amide bonds. The topological polar surface area (TPSA) is 73.0 Å². The molecule has 164 valence electrons. The predicted molar refractivity (Wildman–Crippen MR) is 117 cm³/mol. The van der Waals surface area contributed by atoms with E-state index in [4.69, 9.17) is 0 Å². The first-order valence-electron chi connectivity index (χ1n) is 11.0. The number of carbonyl (C=O) groups is 3. The zero-order chi connectivity index (χ0) is 22.1. The first kappa shape index (κ1) is 22.3. The number of hydrogen-bond donors (Lipinski definition) is 1. The van der Waals surface area contributed by atoms with E-state index >= 15 is 0 Å². The highest BCUT2D eigenvalue weighted by Crippen LogP contribution is 2.35. The van der Waals surface area contributed by atoms with E-state index in [0.717, 1.165) is 19.6 Å². The number of amides is 3. The fraction of sp³-hybridized carbons (Fsp3) is 0.609. The molecule has 0 radical (unpaired) electrons. The minimum absolute atomic E-state index is 0.0113. The standard InChI is InChI=1S/C23H34N4O3/c1-6-25(7-2)12-13-27-19-11-9-8-10-17(19)20(28)24-23(5)15-26(21(29)16(3)4)14-18(23)22(27)30/h8-11,16,18H,6-7,12-15H2,1-5H3,(H,24,28)/t18-,23-/m0/s1. The molecule has 30 heavy (non-hydrogen) atoms. The average molecular weight is 415 g/mol. The van der Waals surface area contributed by atoms with Crippen LogP contribution in [-0.4, -0.2) is 72.3 Å². The molecular weight excluding hydrogens is 380 g/mol. The maximum absolute atomic E-state index is 13.8. The van der Waals surface area contributed by atoms with E-state index in [0.29, 0.717) is 30.9 Å². The molecule has 2 aliphatic heterocycles. The summed E-state index contributed by atoms with van der Waals surface area (Å²) in [5, 5.41) is 3.08. The second kappa shape index (κ2) is 8.76. The Hall–Kier alpha value is -2.41. The lowest BCUT2D eigenvalue weighted by atomic mass is 9.86. The summed E-state index contributed by atoms with van der Waals surface area (Å²) >= 11 is 0. The van der Waals surface area contributed by atoms with Crippen molar-refractivity contribution in [3.05, 3.63) is 29.8 Å². The molecule has 7 nitrogen and oxygen atoms in total. The lowest BCUT2D eigenvalue weighted by molar-refractivity contribution is -0.133. The van der Waals surface area contributed by atoms with Crippen LogP contribution < -0.4 is 10.2 Å². The summed E-state index contributed by atoms with van der Waals surface area (Å²) in [6.07, 6.45) is 0. The number of nitrogens with zero attached hydrogens (tertiary/aromatic N) is 3. The van der Waals surface area contributed by atoms with E-state index in [-0.39, 0.29) is 23.6 Å². The van der Waals surface area contributed by atoms with Gasteiger partial charge in [-0.05, 0) is 32.1 Å². The summed E-state index contributed by atoms with van der Waals surface area (Å²) in [5.74, 6) is -0.847. The van der Waals surface area contributed by atoms with Crippen LogP contribution in [0.3, 0.4) is 0 Å². The van der Waals surface area contributed by atoms with Crippen molar-refractivity contribution in [1.82, 2.24) is 15.1 Å². The molecule has 2 atom stereocenters. The van der Waals surface area contributed by atoms with Gasteiger partial charge in [-0.1, -0.05) is 39.8 Å². The monoisotopic (exact) mass is 414 g/mol. The van der Waals surface area contributed by atoms with Crippen molar-refractivity contribution in [2.45, 2.75) is 40.2 Å². The van der Waals surface area contributed by atoms with Crippen LogP contribution in [0.5, 0.6) is 0 Å². The minimum atomic E-state index is -0.792. The number of likely N-dealkylation sites (N-methyl/N-ethyl adjacent to an activating group) is 1. The zero-order valence-corrected chi connectivity index (χ0v) is 18.8. The third-order valence-corrected chi connectivity index (χ3v) is 6.43. The van der Waals surface area contributed by atoms with Crippen molar-refractivity contribution in [2.75, 3.05) is 44.2 Å². The lowest BCUT2D eigenvalue weighted by Crippen LogP contribution is -2.59. The van der Waals surface area contributed by atoms with Crippen LogP contribution in [0.25, 0.3) is 0 Å². The van der Waals surface area contributed by atoms with Crippen molar-refractivity contribution < 1.29 is 14.4 Å². The molecule has 3 rings (SSSR count). The van der Waals surface area contributed by atoms with Crippen LogP contribution in [0.4, 0.5) is 5.69 Å². The molecule has 7 heteroatoms. The van der Waals surface area contributed by atoms with Crippen molar-refractivity contribution in [3.63, 3.8) is 0 Å². The third kappa shape index (κ3) is 4.08. The van der Waals surface area contributed by atoms with Gasteiger partial charge in [-0.15, -0.1) is 0 Å². The Morgan fingerprint density at radius 2 is 1.90 bits per heavy atom. The molecule has 0 aliphatic carbocycles. The van der Waals surface area contributed by atoms with Gasteiger partial charge in [-0.25, -0.2) is 0 Å². The van der Waals surface area contributed by atoms with Gasteiger partial charge < -0.3 is 20.0 Å². The molecule has 2 heterocycles. The zero-order valence-electron chi connectivity index (χ0n) is 18.8. The van der Waals surface area contributed by atoms with Crippen LogP contribution in [0.15, 0.2) is 24.3 Å². The lowest BCUT2D eigenvalue weighted by Gasteiger charge is -2.38. The molecule has 0 spiro atoms. The quantitative estimate of drug-likeness (QED) is 0.773. The Morgan fingerprint density at radius 1 is 1.23 bits per heavy atom. The second-order valence-corrected chi connectivity index (χ2v) is 8.83. The van der Waals surface area contributed by atoms with Crippen molar-refractivity contribution in [3.8, 4) is 0 Å². The Labute approximate surface area is 179 Å². The summed E-state index contributed by atoms with van der Waals surface area (Å²) < 4.78 is 0. The Bertz CT molecular complexity index is 820. The number of para-hydroxylation sites is 1. The SMILES string of the molecule is CCN(CC)CCN1C(=O)[C@@H]2CN(C(=O)C(C)C)C[C@]2(C)NC(=O)c2ccccc21. The van der Waals surface area contributed by atoms with E-state index in [1.165, 1.54) is 0 Å². The van der Waals surface area contributed by atoms with Crippen LogP contribution >= 0.6 is 0 Å². The Kier molecular flexibility index (Phi) is 6.50. The van der Waals surface area contributed by atoms with Gasteiger partial charge in [0.15, 0.2) is 0 Å². The molecule has 2 aliphatic rings. The number of rotatable bonds is 6. The maximum Gasteiger partial charge on any atom is 0.253 e. The van der Waals surface area contributed by atoms with Gasteiger partial charge in [-0.2, -0.15) is 0 Å². The van der Waals surface area contributed by atoms with Crippen LogP contribution in [0.1, 0.15) is 45.0 Å². The predicted octanol–water partition coefficient (Wildman–Crippen LogP) is 1.98. The van der Waals surface area contributed by atoms with Crippen LogP contribution in [-0.2, 0) is 9.59 Å². The maximum atomic E-state index is 13.8. The molecule has 0 aromatic heterocycles. The number of likely N-dealkylation sites (tertiary alicyclic amines) is 1. The third-order valence-electron chi connectivity index (χ3n) is 6.43. The molecule has 1 fully saturated rings. The van der Waals surface area contributed by atoms with Gasteiger partial charge in [0.05, 0.1) is 22.7 Å². The minimum Gasteiger partial charge on any atom is -0.344 e. The smallest absolute Gasteiger partial charge is 0.253 e. The number of benzene rings is 1. The van der Waals surface area contributed by atoms with Gasteiger partial charge >= 0.3 is 0 Å². The van der Waals surface area contributed by atoms with E-state index < -0.39 is 11.5 Å². The molecule has 1 aromatic rings. The molecule has 0 saturated carbocycles. The summed E-state index contributed by atoms with van der Waals surface area (Å²) in [7, 11) is 0. The number of hydrogen-bond acceptors (Lipinski definition) is 4. The number of fused-ring (bicyclic) bond motifs is 2. The van der Waals surface area contributed by atoms with Crippen LogP contribution in [0, 0.1) is 11.8 Å². The fourth-order valence-electron chi connectivity index (χ4n) is 4.55. The molecule has 1 N–H and O–H groups in total. The summed E-state index contributed by atoms with van der Waals surface area (Å²) in [6, 6.07) is 7.27. The van der Waals surface area contributed by atoms with Gasteiger partial charge in [0.25, 0.3) is 5.91 Å². The largest absolute Gasteiger partial charge is 0.344 e. The fourth-order valence-corrected chi connectivity index (χ4v) is 4.55. The van der Waals surface area contributed by atoms with E-state index in [2.05, 4.69) is 24.1 Å². The molecule has 0 unspecified atom stereocenters. The average Bonchev–Trinajstić information content (AvgIpc) is 3.06. The second-order valence-electron chi connectivity index (χ2n) is 8.83. The van der Waals surface area contributed by atoms with Gasteiger partial charge in [0, 0.05) is 32.1 Å². The summed E-state index contributed by atoms with van der Waals surface area (Å²) in [6.45, 7) is 13.5. The van der Waals surface area contributed by atoms with Gasteiger partial charge in [0.1, 0.15) is 0 Å². The van der Waals surface area contributed by atoms with Crippen molar-refractivity contribution in [1.29, 1.82) is 0 Å². The normalized spacial score (nSPS) is 23.9. The summed E-state index contributed by atoms with van der Waals surface area (Å²) in [5.41, 5.74) is 0.348. The molecule has 0 bridgehead atoms. The van der Waals surface area contributed by atoms with E-state index in [9.17, 15) is 14.4 Å². The Morgan fingerprint density at radius 3 is 2.53 bits per heavy atom. The van der Waals surface area contributed by atoms with Crippen molar-refractivity contribution >= 4 is 23.4 Å². The number of nitrogens with one attached hydrogen (secondary N) is 1. The Balaban J connectivity index is 2.00. The first-order chi connectivity index (χ1) is 14.2. The highest BCUT2D eigenvalue weighted by molar-refractivity contribution is 6.08.